The van der Waals surface area contributed by atoms with Crippen molar-refractivity contribution in [2.24, 2.45) is 5.92 Å². The first-order valence-corrected chi connectivity index (χ1v) is 29.8. The number of aryl methyl sites for hydroxylation is 1. The lowest BCUT2D eigenvalue weighted by Crippen LogP contribution is -2.35. The summed E-state index contributed by atoms with van der Waals surface area (Å²) in [6, 6.07) is 6.50. The molecule has 3 atom stereocenters. The number of phosphoric ester groups is 1. The molecule has 1 unspecified atom stereocenters. The van der Waals surface area contributed by atoms with Crippen LogP contribution < -0.4 is 9.84 Å². The number of carbonyl (C=O) groups is 3. The van der Waals surface area contributed by atoms with Crippen LogP contribution in [0.3, 0.4) is 0 Å². The van der Waals surface area contributed by atoms with Crippen molar-refractivity contribution in [2.45, 2.75) is 114 Å². The molecule has 33 heteroatoms. The molecule has 19 nitrogen and oxygen atoms in total. The van der Waals surface area contributed by atoms with Crippen molar-refractivity contribution in [3.8, 4) is 28.7 Å². The number of carboxylic acid groups (broad SMARTS) is 1. The van der Waals surface area contributed by atoms with Crippen molar-refractivity contribution in [2.75, 3.05) is 6.26 Å². The Kier molecular flexibility index (Phi) is 16.8. The van der Waals surface area contributed by atoms with E-state index >= 15 is 8.78 Å². The molecule has 2 amide bonds. The van der Waals surface area contributed by atoms with Crippen LogP contribution >= 0.6 is 19.4 Å². The number of carboxylic acids is 1. The van der Waals surface area contributed by atoms with Crippen molar-refractivity contribution >= 4 is 68.8 Å². The quantitative estimate of drug-likeness (QED) is 0.0232. The fourth-order valence-electron chi connectivity index (χ4n) is 10.3. The number of aromatic carboxylic acids is 1. The monoisotopic (exact) mass is 1280 g/mol. The summed E-state index contributed by atoms with van der Waals surface area (Å²) < 4.78 is 216. The van der Waals surface area contributed by atoms with Gasteiger partial charge in [0, 0.05) is 57.7 Å². The first kappa shape index (κ1) is 63.9. The first-order valence-electron chi connectivity index (χ1n) is 24.9. The van der Waals surface area contributed by atoms with Gasteiger partial charge in [-0.2, -0.15) is 45.3 Å². The third-order valence-electron chi connectivity index (χ3n) is 14.2. The highest BCUT2D eigenvalue weighted by Gasteiger charge is 2.68. The Labute approximate surface area is 482 Å². The molecular formula is C52H47ClF10N7O12PS2. The van der Waals surface area contributed by atoms with Crippen LogP contribution in [0.25, 0.3) is 22.0 Å². The molecule has 3 aromatic heterocycles. The molecule has 0 spiro atoms. The molecule has 1 fully saturated rings. The molecular weight excluding hydrogens is 1240 g/mol. The summed E-state index contributed by atoms with van der Waals surface area (Å²) in [6.07, 6.45) is -11.5. The van der Waals surface area contributed by atoms with E-state index in [2.05, 4.69) is 32.3 Å². The lowest BCUT2D eigenvalue weighted by molar-refractivity contribution is -0.143. The van der Waals surface area contributed by atoms with Gasteiger partial charge in [0.15, 0.2) is 15.5 Å². The maximum Gasteiger partial charge on any atom is 0.524 e. The van der Waals surface area contributed by atoms with Gasteiger partial charge in [-0.1, -0.05) is 37.4 Å². The van der Waals surface area contributed by atoms with Crippen LogP contribution in [-0.4, -0.2) is 95.5 Å². The number of carbonyl (C=O) groups excluding carboxylic acids is 2. The minimum Gasteiger partial charge on any atom is -0.478 e. The number of pyridine rings is 1. The maximum atomic E-state index is 15.7. The molecule has 0 radical (unpaired) electrons. The maximum absolute atomic E-state index is 15.7. The number of hydrogen-bond acceptors (Lipinski definition) is 12. The largest absolute Gasteiger partial charge is 0.524 e. The van der Waals surface area contributed by atoms with Crippen LogP contribution in [0.15, 0.2) is 54.6 Å². The third kappa shape index (κ3) is 13.5. The second-order valence-corrected chi connectivity index (χ2v) is 26.5. The number of nitrogens with one attached hydrogen (secondary N) is 1. The van der Waals surface area contributed by atoms with Crippen molar-refractivity contribution in [1.82, 2.24) is 34.2 Å². The number of rotatable bonds is 18. The molecule has 8 rings (SSSR count). The highest BCUT2D eigenvalue weighted by atomic mass is 35.5. The SMILES string of the molecule is Cc1cc(C(=O)O)cc(OP(=O)(O)O)c1C(C)(C)CC(=O)N(Cc1nn(CC(F)(F)F)c2c(-c3ccc(C#CC(C)(C)S(C)(=O)=O)nc3C(Cc3cc(F)cc(F)c3)NC(=O)Cn3nc(C(F)(F)F)c4c3C(F)(F)[C@@H]3C[C@H]43)ccc(Cl)c12)[SH](=O)=O. The number of aromatic nitrogens is 5. The summed E-state index contributed by atoms with van der Waals surface area (Å²) in [6.45, 7) is 1.85. The number of alkyl halides is 8. The van der Waals surface area contributed by atoms with Gasteiger partial charge in [-0.25, -0.2) is 44.3 Å². The Balaban J connectivity index is 1.30. The lowest BCUT2D eigenvalue weighted by atomic mass is 9.78. The minimum absolute atomic E-state index is 0.00780. The smallest absolute Gasteiger partial charge is 0.478 e. The van der Waals surface area contributed by atoms with Crippen molar-refractivity contribution < 1.29 is 99.1 Å². The van der Waals surface area contributed by atoms with Crippen LogP contribution in [0.4, 0.5) is 43.9 Å². The molecule has 3 aromatic carbocycles. The standard InChI is InChI=1S/C52H47ClF10N7O12PS2/c1-24-13-26(47(73)74)17-37(82-83(75,76)77)42(24)48(2,3)20-39(72)70(84(78)79)21-36-41-34(53)10-9-31(44(41)69(66-36)23-50(56,57)58)30-8-7-29(11-12-49(4,5)85(6,80)81)64-43(30)35(16-25-14-27(54)18-28(55)15-25)65-38(71)22-68-46-40(45(67-68)52(61,62)63)32-19-33(32)51(46,59)60/h7-10,13-15,17-18,32-33,35,84H,16,19-23H2,1-6H3,(H,65,71)(H,73,74)(H2,75,76,77)/t32-,33+,35?/m0/s1. The first-order chi connectivity index (χ1) is 39.0. The van der Waals surface area contributed by atoms with E-state index in [-0.39, 0.29) is 48.9 Å². The van der Waals surface area contributed by atoms with E-state index in [4.69, 9.17) is 16.1 Å². The number of benzene rings is 3. The van der Waals surface area contributed by atoms with Crippen LogP contribution in [0, 0.1) is 36.3 Å². The van der Waals surface area contributed by atoms with Gasteiger partial charge in [-0.05, 0) is 99.0 Å². The van der Waals surface area contributed by atoms with Gasteiger partial charge in [0.1, 0.15) is 46.6 Å². The van der Waals surface area contributed by atoms with Crippen molar-refractivity contribution in [1.29, 1.82) is 0 Å². The zero-order valence-electron chi connectivity index (χ0n) is 44.8. The fourth-order valence-corrected chi connectivity index (χ4v) is 11.7. The van der Waals surface area contributed by atoms with Crippen LogP contribution in [0.1, 0.15) is 114 Å². The number of hydrogen-bond donors (Lipinski definition) is 5. The number of nitrogens with zero attached hydrogens (tertiary/aromatic N) is 6. The Morgan fingerprint density at radius 1 is 0.965 bits per heavy atom. The molecule has 0 aliphatic heterocycles. The molecule has 6 aromatic rings. The third-order valence-corrected chi connectivity index (χ3v) is 17.7. The van der Waals surface area contributed by atoms with E-state index < -0.39 is 192 Å². The van der Waals surface area contributed by atoms with E-state index in [1.165, 1.54) is 34.6 Å². The molecule has 4 N–H and O–H groups in total. The van der Waals surface area contributed by atoms with Crippen LogP contribution in [0.5, 0.6) is 5.75 Å². The molecule has 3 heterocycles. The molecule has 456 valence electrons. The zero-order valence-corrected chi connectivity index (χ0v) is 48.2. The second-order valence-electron chi connectivity index (χ2n) is 21.4. The van der Waals surface area contributed by atoms with E-state index in [0.717, 1.165) is 54.8 Å². The van der Waals surface area contributed by atoms with Gasteiger partial charge in [0.05, 0.1) is 40.1 Å². The van der Waals surface area contributed by atoms with E-state index in [9.17, 15) is 85.8 Å². The number of thiol groups is 1. The van der Waals surface area contributed by atoms with E-state index in [1.54, 1.807) is 0 Å². The summed E-state index contributed by atoms with van der Waals surface area (Å²) in [5.41, 5.74) is -8.98. The summed E-state index contributed by atoms with van der Waals surface area (Å²) >= 11 is 6.74. The Bertz CT molecular complexity index is 4070. The van der Waals surface area contributed by atoms with Gasteiger partial charge in [-0.15, -0.1) is 0 Å². The average Bonchev–Trinajstić information content (AvgIpc) is 1.68. The number of fused-ring (bicyclic) bond motifs is 4. The van der Waals surface area contributed by atoms with Crippen LogP contribution in [-0.2, 0) is 78.5 Å². The number of amides is 2. The van der Waals surface area contributed by atoms with Gasteiger partial charge in [-0.3, -0.25) is 28.7 Å². The molecule has 85 heavy (non-hydrogen) atoms. The number of halogens is 11. The predicted octanol–water partition coefficient (Wildman–Crippen LogP) is 8.99. The molecule has 0 saturated heterocycles. The Morgan fingerprint density at radius 2 is 1.60 bits per heavy atom. The number of sulfone groups is 1. The molecule has 0 bridgehead atoms. The normalized spacial score (nSPS) is 16.4. The Morgan fingerprint density at radius 3 is 2.18 bits per heavy atom. The van der Waals surface area contributed by atoms with Gasteiger partial charge >= 0.3 is 26.1 Å². The second kappa shape index (κ2) is 22.3. The number of phosphoric acid groups is 1. The van der Waals surface area contributed by atoms with Crippen LogP contribution in [0.2, 0.25) is 5.02 Å². The molecule has 1 saturated carbocycles. The lowest BCUT2D eigenvalue weighted by Gasteiger charge is -2.30. The highest BCUT2D eigenvalue weighted by Crippen LogP contribution is 2.68. The van der Waals surface area contributed by atoms with E-state index in [1.807, 2.05) is 0 Å². The highest BCUT2D eigenvalue weighted by molar-refractivity contribution is 7.92. The Hall–Kier alpha value is -7.10. The van der Waals surface area contributed by atoms with E-state index in [0.29, 0.717) is 10.7 Å². The fraction of sp³-hybridized carbons (Fsp3) is 0.385. The van der Waals surface area contributed by atoms with Gasteiger partial charge < -0.3 is 14.9 Å². The van der Waals surface area contributed by atoms with Gasteiger partial charge in [0.2, 0.25) is 22.7 Å². The van der Waals surface area contributed by atoms with Gasteiger partial charge in [0.25, 0.3) is 5.92 Å². The summed E-state index contributed by atoms with van der Waals surface area (Å²) in [7, 11) is -13.5. The zero-order chi connectivity index (χ0) is 63.2. The average molecular weight is 1280 g/mol. The summed E-state index contributed by atoms with van der Waals surface area (Å²) in [5, 5.41) is 18.6. The molecule has 2 aliphatic rings. The minimum atomic E-state index is -5.43. The predicted molar refractivity (Wildman–Crippen MR) is 282 cm³/mol. The summed E-state index contributed by atoms with van der Waals surface area (Å²) in [5.74, 6) is -8.81. The molecule has 2 aliphatic carbocycles. The van der Waals surface area contributed by atoms with Crippen molar-refractivity contribution in [3.63, 3.8) is 0 Å². The van der Waals surface area contributed by atoms with Crippen molar-refractivity contribution in [3.05, 3.63) is 128 Å². The topological polar surface area (TPSA) is 270 Å². The summed E-state index contributed by atoms with van der Waals surface area (Å²) in [4.78, 5) is 64.4.